The van der Waals surface area contributed by atoms with Gasteiger partial charge in [-0.05, 0) is 48.8 Å². The topological polar surface area (TPSA) is 9.23 Å². The van der Waals surface area contributed by atoms with E-state index >= 15 is 0 Å². The summed E-state index contributed by atoms with van der Waals surface area (Å²) in [6.07, 6.45) is 1.94. The van der Waals surface area contributed by atoms with E-state index in [0.29, 0.717) is 5.76 Å². The molecule has 80 valence electrons. The van der Waals surface area contributed by atoms with E-state index in [0.717, 1.165) is 10.0 Å². The first-order valence-electron chi connectivity index (χ1n) is 4.72. The number of allylic oxidation sites excluding steroid dienone is 2. The minimum absolute atomic E-state index is 0.673. The lowest BCUT2D eigenvalue weighted by atomic mass is 10.0. The van der Waals surface area contributed by atoms with E-state index in [9.17, 15) is 0 Å². The van der Waals surface area contributed by atoms with E-state index in [1.54, 1.807) is 7.11 Å². The first-order chi connectivity index (χ1) is 7.04. The van der Waals surface area contributed by atoms with Crippen molar-refractivity contribution in [2.75, 3.05) is 7.11 Å². The molecule has 0 aromatic heterocycles. The van der Waals surface area contributed by atoms with Gasteiger partial charge in [0.1, 0.15) is 5.76 Å². The predicted molar refractivity (Wildman–Crippen MR) is 68.7 cm³/mol. The minimum Gasteiger partial charge on any atom is -0.497 e. The highest BCUT2D eigenvalue weighted by Crippen LogP contribution is 2.23. The normalized spacial score (nSPS) is 11.3. The van der Waals surface area contributed by atoms with Crippen LogP contribution in [0.4, 0.5) is 0 Å². The Labute approximate surface area is 99.6 Å². The van der Waals surface area contributed by atoms with Crippen molar-refractivity contribution in [2.45, 2.75) is 13.8 Å². The molecule has 1 aromatic rings. The molecule has 1 aromatic carbocycles. The molecule has 0 saturated carbocycles. The van der Waals surface area contributed by atoms with Gasteiger partial charge in [-0.1, -0.05) is 28.6 Å². The van der Waals surface area contributed by atoms with Gasteiger partial charge < -0.3 is 4.74 Å². The standard InChI is InChI=1S/C13H15BrO/c1-9-5-6-12(14)8-13(9)10(2)7-11(3)15-4/h5-8H,3H2,1-2,4H3/b10-7+. The van der Waals surface area contributed by atoms with Gasteiger partial charge in [0.15, 0.2) is 0 Å². The summed E-state index contributed by atoms with van der Waals surface area (Å²) in [4.78, 5) is 0. The maximum absolute atomic E-state index is 5.03. The lowest BCUT2D eigenvalue weighted by molar-refractivity contribution is 0.309. The van der Waals surface area contributed by atoms with E-state index in [2.05, 4.69) is 48.5 Å². The molecule has 1 rings (SSSR count). The molecule has 0 fully saturated rings. The van der Waals surface area contributed by atoms with Crippen molar-refractivity contribution in [3.05, 3.63) is 52.2 Å². The maximum Gasteiger partial charge on any atom is 0.111 e. The third-order valence-corrected chi connectivity index (χ3v) is 2.76. The van der Waals surface area contributed by atoms with Gasteiger partial charge in [-0.15, -0.1) is 0 Å². The molecule has 0 amide bonds. The summed E-state index contributed by atoms with van der Waals surface area (Å²) in [7, 11) is 1.62. The van der Waals surface area contributed by atoms with Gasteiger partial charge in [-0.25, -0.2) is 0 Å². The number of aryl methyl sites for hydroxylation is 1. The van der Waals surface area contributed by atoms with Crippen LogP contribution in [-0.4, -0.2) is 7.11 Å². The van der Waals surface area contributed by atoms with Gasteiger partial charge in [0.05, 0.1) is 7.11 Å². The van der Waals surface area contributed by atoms with Crippen molar-refractivity contribution >= 4 is 21.5 Å². The Hall–Kier alpha value is -1.02. The van der Waals surface area contributed by atoms with Crippen molar-refractivity contribution in [3.8, 4) is 0 Å². The molecule has 0 aliphatic rings. The van der Waals surface area contributed by atoms with E-state index < -0.39 is 0 Å². The summed E-state index contributed by atoms with van der Waals surface area (Å²) in [5, 5.41) is 0. The molecular weight excluding hydrogens is 252 g/mol. The Bertz CT molecular complexity index is 405. The quantitative estimate of drug-likeness (QED) is 0.585. The fourth-order valence-electron chi connectivity index (χ4n) is 1.40. The van der Waals surface area contributed by atoms with Crippen LogP contribution in [0.2, 0.25) is 0 Å². The van der Waals surface area contributed by atoms with Crippen LogP contribution in [0, 0.1) is 6.92 Å². The highest BCUT2D eigenvalue weighted by molar-refractivity contribution is 9.10. The van der Waals surface area contributed by atoms with Gasteiger partial charge in [-0.2, -0.15) is 0 Å². The number of benzene rings is 1. The Morgan fingerprint density at radius 1 is 1.47 bits per heavy atom. The van der Waals surface area contributed by atoms with E-state index in [1.165, 1.54) is 11.1 Å². The predicted octanol–water partition coefficient (Wildman–Crippen LogP) is 4.32. The highest BCUT2D eigenvalue weighted by Gasteiger charge is 2.01. The van der Waals surface area contributed by atoms with Crippen LogP contribution < -0.4 is 0 Å². The van der Waals surface area contributed by atoms with Gasteiger partial charge in [0.2, 0.25) is 0 Å². The lowest BCUT2D eigenvalue weighted by Gasteiger charge is -2.07. The summed E-state index contributed by atoms with van der Waals surface area (Å²) >= 11 is 3.47. The van der Waals surface area contributed by atoms with Gasteiger partial charge in [0, 0.05) is 4.47 Å². The average molecular weight is 267 g/mol. The van der Waals surface area contributed by atoms with Crippen molar-refractivity contribution in [2.24, 2.45) is 0 Å². The zero-order chi connectivity index (χ0) is 11.4. The largest absolute Gasteiger partial charge is 0.497 e. The number of methoxy groups -OCH3 is 1. The average Bonchev–Trinajstić information content (AvgIpc) is 2.21. The van der Waals surface area contributed by atoms with Crippen LogP contribution in [0.3, 0.4) is 0 Å². The Kier molecular flexibility index (Phi) is 4.15. The summed E-state index contributed by atoms with van der Waals surface area (Å²) in [5.74, 6) is 0.673. The molecule has 0 aliphatic heterocycles. The first kappa shape index (κ1) is 12.1. The second-order valence-electron chi connectivity index (χ2n) is 3.46. The van der Waals surface area contributed by atoms with Crippen molar-refractivity contribution in [1.29, 1.82) is 0 Å². The molecule has 0 bridgehead atoms. The molecule has 0 saturated heterocycles. The lowest BCUT2D eigenvalue weighted by Crippen LogP contribution is -1.87. The van der Waals surface area contributed by atoms with E-state index in [1.807, 2.05) is 12.1 Å². The van der Waals surface area contributed by atoms with Gasteiger partial charge in [-0.3, -0.25) is 0 Å². The monoisotopic (exact) mass is 266 g/mol. The van der Waals surface area contributed by atoms with Crippen LogP contribution >= 0.6 is 15.9 Å². The summed E-state index contributed by atoms with van der Waals surface area (Å²) in [6, 6.07) is 6.23. The molecule has 0 heterocycles. The maximum atomic E-state index is 5.03. The fourth-order valence-corrected chi connectivity index (χ4v) is 1.76. The summed E-state index contributed by atoms with van der Waals surface area (Å²) in [5.41, 5.74) is 3.61. The smallest absolute Gasteiger partial charge is 0.111 e. The Morgan fingerprint density at radius 2 is 2.13 bits per heavy atom. The number of hydrogen-bond acceptors (Lipinski definition) is 1. The van der Waals surface area contributed by atoms with Crippen molar-refractivity contribution in [3.63, 3.8) is 0 Å². The van der Waals surface area contributed by atoms with E-state index in [4.69, 9.17) is 4.74 Å². The van der Waals surface area contributed by atoms with Crippen molar-refractivity contribution in [1.82, 2.24) is 0 Å². The van der Waals surface area contributed by atoms with Crippen LogP contribution in [-0.2, 0) is 4.74 Å². The molecule has 1 nitrogen and oxygen atoms in total. The third kappa shape index (κ3) is 3.24. The van der Waals surface area contributed by atoms with Gasteiger partial charge >= 0.3 is 0 Å². The summed E-state index contributed by atoms with van der Waals surface area (Å²) < 4.78 is 6.11. The Balaban J connectivity index is 3.10. The van der Waals surface area contributed by atoms with Gasteiger partial charge in [0.25, 0.3) is 0 Å². The molecule has 0 spiro atoms. The van der Waals surface area contributed by atoms with Crippen LogP contribution in [0.15, 0.2) is 41.1 Å². The molecule has 0 aliphatic carbocycles. The van der Waals surface area contributed by atoms with Crippen molar-refractivity contribution < 1.29 is 4.74 Å². The van der Waals surface area contributed by atoms with Crippen LogP contribution in [0.25, 0.3) is 5.57 Å². The molecule has 0 N–H and O–H groups in total. The second kappa shape index (κ2) is 5.17. The zero-order valence-electron chi connectivity index (χ0n) is 9.30. The number of ether oxygens (including phenoxy) is 1. The molecule has 15 heavy (non-hydrogen) atoms. The van der Waals surface area contributed by atoms with Crippen LogP contribution in [0.5, 0.6) is 0 Å². The highest BCUT2D eigenvalue weighted by atomic mass is 79.9. The zero-order valence-corrected chi connectivity index (χ0v) is 10.9. The van der Waals surface area contributed by atoms with E-state index in [-0.39, 0.29) is 0 Å². The molecule has 0 unspecified atom stereocenters. The molecule has 0 atom stereocenters. The minimum atomic E-state index is 0.673. The number of halogens is 1. The molecule has 0 radical (unpaired) electrons. The third-order valence-electron chi connectivity index (χ3n) is 2.26. The SMILES string of the molecule is C=C(/C=C(\C)c1cc(Br)ccc1C)OC. The summed E-state index contributed by atoms with van der Waals surface area (Å²) in [6.45, 7) is 7.93. The first-order valence-corrected chi connectivity index (χ1v) is 5.51. The fraction of sp³-hybridized carbons (Fsp3) is 0.231. The molecule has 2 heteroatoms. The molecular formula is C13H15BrO. The number of hydrogen-bond donors (Lipinski definition) is 0. The number of rotatable bonds is 3. The second-order valence-corrected chi connectivity index (χ2v) is 4.37. The Morgan fingerprint density at radius 3 is 2.73 bits per heavy atom. The van der Waals surface area contributed by atoms with Crippen LogP contribution in [0.1, 0.15) is 18.1 Å².